The van der Waals surface area contributed by atoms with E-state index in [1.165, 1.54) is 7.11 Å². The normalized spacial score (nSPS) is 9.56. The van der Waals surface area contributed by atoms with Crippen LogP contribution in [0.15, 0.2) is 24.3 Å². The van der Waals surface area contributed by atoms with Crippen LogP contribution >= 0.6 is 0 Å². The highest BCUT2D eigenvalue weighted by atomic mass is 16.6. The molecule has 0 unspecified atom stereocenters. The third kappa shape index (κ3) is 3.58. The highest BCUT2D eigenvalue weighted by Gasteiger charge is 2.06. The first-order chi connectivity index (χ1) is 7.63. The van der Waals surface area contributed by atoms with E-state index in [4.69, 9.17) is 5.73 Å². The highest BCUT2D eigenvalue weighted by molar-refractivity contribution is 5.96. The summed E-state index contributed by atoms with van der Waals surface area (Å²) in [6.45, 7) is -0.142. The molecule has 6 heteroatoms. The van der Waals surface area contributed by atoms with E-state index in [9.17, 15) is 9.59 Å². The summed E-state index contributed by atoms with van der Waals surface area (Å²) in [5, 5.41) is 2.43. The van der Waals surface area contributed by atoms with Gasteiger partial charge in [-0.25, -0.2) is 5.48 Å². The first-order valence-electron chi connectivity index (χ1n) is 4.59. The SMILES string of the molecule is CONC(=O)CNC(=O)c1ccc(N)cc1. The van der Waals surface area contributed by atoms with Crippen molar-refractivity contribution in [2.24, 2.45) is 0 Å². The summed E-state index contributed by atoms with van der Waals surface area (Å²) < 4.78 is 0. The number of hydroxylamine groups is 1. The van der Waals surface area contributed by atoms with E-state index in [2.05, 4.69) is 15.6 Å². The maximum absolute atomic E-state index is 11.5. The van der Waals surface area contributed by atoms with E-state index < -0.39 is 5.91 Å². The van der Waals surface area contributed by atoms with Crippen LogP contribution in [-0.4, -0.2) is 25.5 Å². The van der Waals surface area contributed by atoms with Crippen molar-refractivity contribution in [3.63, 3.8) is 0 Å². The Morgan fingerprint density at radius 2 is 1.94 bits per heavy atom. The second-order valence-electron chi connectivity index (χ2n) is 3.03. The zero-order chi connectivity index (χ0) is 12.0. The Morgan fingerprint density at radius 1 is 1.31 bits per heavy atom. The molecule has 0 aliphatic carbocycles. The summed E-state index contributed by atoms with van der Waals surface area (Å²) in [4.78, 5) is 26.8. The van der Waals surface area contributed by atoms with Crippen LogP contribution < -0.4 is 16.5 Å². The van der Waals surface area contributed by atoms with Gasteiger partial charge >= 0.3 is 0 Å². The maximum Gasteiger partial charge on any atom is 0.262 e. The van der Waals surface area contributed by atoms with Crippen molar-refractivity contribution in [2.45, 2.75) is 0 Å². The standard InChI is InChI=1S/C10H13N3O3/c1-16-13-9(14)6-12-10(15)7-2-4-8(11)5-3-7/h2-5H,6,11H2,1H3,(H,12,15)(H,13,14). The number of hydrogen-bond donors (Lipinski definition) is 3. The zero-order valence-electron chi connectivity index (χ0n) is 8.82. The lowest BCUT2D eigenvalue weighted by atomic mass is 10.2. The minimum absolute atomic E-state index is 0.142. The predicted octanol–water partition coefficient (Wildman–Crippen LogP) is -0.324. The number of anilines is 1. The average molecular weight is 223 g/mol. The molecule has 2 amide bonds. The Balaban J connectivity index is 2.47. The number of rotatable bonds is 4. The maximum atomic E-state index is 11.5. The van der Waals surface area contributed by atoms with Crippen molar-refractivity contribution < 1.29 is 14.4 Å². The molecule has 0 saturated heterocycles. The second-order valence-corrected chi connectivity index (χ2v) is 3.03. The first-order valence-corrected chi connectivity index (χ1v) is 4.59. The zero-order valence-corrected chi connectivity index (χ0v) is 8.82. The van der Waals surface area contributed by atoms with E-state index in [0.29, 0.717) is 11.3 Å². The van der Waals surface area contributed by atoms with Crippen LogP contribution in [0.5, 0.6) is 0 Å². The van der Waals surface area contributed by atoms with Crippen molar-refractivity contribution in [3.05, 3.63) is 29.8 Å². The Labute approximate surface area is 92.7 Å². The van der Waals surface area contributed by atoms with Crippen molar-refractivity contribution >= 4 is 17.5 Å². The summed E-state index contributed by atoms with van der Waals surface area (Å²) in [5.74, 6) is -0.766. The molecule has 0 atom stereocenters. The molecule has 0 aliphatic heterocycles. The van der Waals surface area contributed by atoms with Crippen LogP contribution in [0.2, 0.25) is 0 Å². The van der Waals surface area contributed by atoms with Gasteiger partial charge in [-0.3, -0.25) is 14.4 Å². The van der Waals surface area contributed by atoms with Gasteiger partial charge in [0.05, 0.1) is 13.7 Å². The number of hydrogen-bond acceptors (Lipinski definition) is 4. The molecule has 0 fully saturated rings. The van der Waals surface area contributed by atoms with Crippen LogP contribution in [0.1, 0.15) is 10.4 Å². The Morgan fingerprint density at radius 3 is 2.50 bits per heavy atom. The van der Waals surface area contributed by atoms with Crippen LogP contribution in [0.3, 0.4) is 0 Å². The number of carbonyl (C=O) groups excluding carboxylic acids is 2. The van der Waals surface area contributed by atoms with Crippen molar-refractivity contribution in [1.82, 2.24) is 10.8 Å². The third-order valence-corrected chi connectivity index (χ3v) is 1.80. The van der Waals surface area contributed by atoms with Gasteiger partial charge in [0, 0.05) is 11.3 Å². The van der Waals surface area contributed by atoms with E-state index >= 15 is 0 Å². The molecule has 6 nitrogen and oxygen atoms in total. The lowest BCUT2D eigenvalue weighted by molar-refractivity contribution is -0.130. The third-order valence-electron chi connectivity index (χ3n) is 1.80. The minimum atomic E-state index is -0.425. The Hall–Kier alpha value is -2.08. The van der Waals surface area contributed by atoms with Gasteiger partial charge in [-0.05, 0) is 24.3 Å². The first kappa shape index (κ1) is 12.0. The monoisotopic (exact) mass is 223 g/mol. The number of nitrogens with one attached hydrogen (secondary N) is 2. The number of nitrogens with two attached hydrogens (primary N) is 1. The van der Waals surface area contributed by atoms with E-state index in [-0.39, 0.29) is 12.5 Å². The molecule has 1 aromatic rings. The smallest absolute Gasteiger partial charge is 0.262 e. The summed E-state index contributed by atoms with van der Waals surface area (Å²) in [6, 6.07) is 6.39. The molecule has 0 aromatic heterocycles. The molecule has 0 bridgehead atoms. The highest BCUT2D eigenvalue weighted by Crippen LogP contribution is 2.04. The van der Waals surface area contributed by atoms with Gasteiger partial charge in [0.1, 0.15) is 0 Å². The molecular weight excluding hydrogens is 210 g/mol. The molecule has 86 valence electrons. The molecule has 0 saturated carbocycles. The molecule has 0 spiro atoms. The van der Waals surface area contributed by atoms with Gasteiger partial charge in [-0.15, -0.1) is 0 Å². The summed E-state index contributed by atoms with van der Waals surface area (Å²) in [6.07, 6.45) is 0. The van der Waals surface area contributed by atoms with Gasteiger partial charge in [0.15, 0.2) is 0 Å². The summed E-state index contributed by atoms with van der Waals surface area (Å²) >= 11 is 0. The summed E-state index contributed by atoms with van der Waals surface area (Å²) in [5.41, 5.74) is 8.59. The van der Waals surface area contributed by atoms with Gasteiger partial charge in [-0.1, -0.05) is 0 Å². The fourth-order valence-electron chi connectivity index (χ4n) is 1.05. The van der Waals surface area contributed by atoms with Crippen molar-refractivity contribution in [1.29, 1.82) is 0 Å². The minimum Gasteiger partial charge on any atom is -0.399 e. The number of carbonyl (C=O) groups is 2. The number of nitrogen functional groups attached to an aromatic ring is 1. The lowest BCUT2D eigenvalue weighted by Crippen LogP contribution is -2.36. The molecular formula is C10H13N3O3. The lowest BCUT2D eigenvalue weighted by Gasteiger charge is -2.05. The molecule has 0 aliphatic rings. The van der Waals surface area contributed by atoms with Gasteiger partial charge < -0.3 is 11.1 Å². The fraction of sp³-hybridized carbons (Fsp3) is 0.200. The molecule has 1 aromatic carbocycles. The largest absolute Gasteiger partial charge is 0.399 e. The second kappa shape index (κ2) is 5.72. The van der Waals surface area contributed by atoms with E-state index in [1.54, 1.807) is 24.3 Å². The predicted molar refractivity (Wildman–Crippen MR) is 58.3 cm³/mol. The summed E-state index contributed by atoms with van der Waals surface area (Å²) in [7, 11) is 1.32. The Bertz CT molecular complexity index is 375. The number of benzene rings is 1. The van der Waals surface area contributed by atoms with Crippen LogP contribution in [0, 0.1) is 0 Å². The molecule has 1 rings (SSSR count). The van der Waals surface area contributed by atoms with Crippen LogP contribution in [0.4, 0.5) is 5.69 Å². The van der Waals surface area contributed by atoms with E-state index in [0.717, 1.165) is 0 Å². The van der Waals surface area contributed by atoms with Crippen LogP contribution in [0.25, 0.3) is 0 Å². The van der Waals surface area contributed by atoms with Crippen molar-refractivity contribution in [2.75, 3.05) is 19.4 Å². The van der Waals surface area contributed by atoms with Gasteiger partial charge in [-0.2, -0.15) is 0 Å². The van der Waals surface area contributed by atoms with Gasteiger partial charge in [0.25, 0.3) is 11.8 Å². The quantitative estimate of drug-likeness (QED) is 0.481. The van der Waals surface area contributed by atoms with Crippen LogP contribution in [-0.2, 0) is 9.63 Å². The Kier molecular flexibility index (Phi) is 4.28. The fourth-order valence-corrected chi connectivity index (χ4v) is 1.05. The topological polar surface area (TPSA) is 93.5 Å². The molecule has 0 radical (unpaired) electrons. The van der Waals surface area contributed by atoms with E-state index in [1.807, 2.05) is 0 Å². The number of amides is 2. The molecule has 4 N–H and O–H groups in total. The molecule has 16 heavy (non-hydrogen) atoms. The van der Waals surface area contributed by atoms with Gasteiger partial charge in [0.2, 0.25) is 0 Å². The average Bonchev–Trinajstić information content (AvgIpc) is 2.27. The van der Waals surface area contributed by atoms with Crippen molar-refractivity contribution in [3.8, 4) is 0 Å². The molecule has 0 heterocycles.